The average molecular weight is 198 g/mol. The Morgan fingerprint density at radius 2 is 2.14 bits per heavy atom. The Bertz CT molecular complexity index is 143. The van der Waals surface area contributed by atoms with E-state index in [2.05, 4.69) is 24.1 Å². The Morgan fingerprint density at radius 1 is 1.43 bits per heavy atom. The van der Waals surface area contributed by atoms with Crippen LogP contribution < -0.4 is 5.32 Å². The molecule has 1 saturated carbocycles. The molecule has 84 valence electrons. The van der Waals surface area contributed by atoms with Gasteiger partial charge in [-0.2, -0.15) is 0 Å². The molecule has 2 heteroatoms. The largest absolute Gasteiger partial charge is 0.319 e. The maximum Gasteiger partial charge on any atom is 0.00965 e. The topological polar surface area (TPSA) is 15.3 Å². The Balaban J connectivity index is 2.20. The van der Waals surface area contributed by atoms with Crippen molar-refractivity contribution in [1.29, 1.82) is 0 Å². The molecule has 1 atom stereocenters. The van der Waals surface area contributed by atoms with Crippen LogP contribution in [0.2, 0.25) is 0 Å². The quantitative estimate of drug-likeness (QED) is 0.642. The molecule has 0 bridgehead atoms. The van der Waals surface area contributed by atoms with E-state index >= 15 is 0 Å². The van der Waals surface area contributed by atoms with Gasteiger partial charge in [0, 0.05) is 12.6 Å². The Morgan fingerprint density at radius 3 is 2.64 bits per heavy atom. The van der Waals surface area contributed by atoms with Gasteiger partial charge in [0.25, 0.3) is 0 Å². The highest BCUT2D eigenvalue weighted by atomic mass is 15.2. The molecule has 0 aromatic rings. The van der Waals surface area contributed by atoms with Crippen LogP contribution >= 0.6 is 0 Å². The fourth-order valence-electron chi connectivity index (χ4n) is 2.04. The molecular formula is C12H26N2. The minimum Gasteiger partial charge on any atom is -0.319 e. The molecule has 1 N–H and O–H groups in total. The lowest BCUT2D eigenvalue weighted by molar-refractivity contribution is 0.223. The van der Waals surface area contributed by atoms with Crippen molar-refractivity contribution in [2.45, 2.75) is 45.6 Å². The van der Waals surface area contributed by atoms with Gasteiger partial charge in [-0.1, -0.05) is 20.3 Å². The summed E-state index contributed by atoms with van der Waals surface area (Å²) >= 11 is 0. The zero-order chi connectivity index (χ0) is 10.4. The van der Waals surface area contributed by atoms with E-state index < -0.39 is 0 Å². The number of nitrogens with zero attached hydrogens (tertiary/aromatic N) is 1. The predicted molar refractivity (Wildman–Crippen MR) is 62.6 cm³/mol. The van der Waals surface area contributed by atoms with E-state index in [-0.39, 0.29) is 0 Å². The highest BCUT2D eigenvalue weighted by molar-refractivity contribution is 4.85. The molecule has 1 fully saturated rings. The first-order valence-electron chi connectivity index (χ1n) is 6.16. The van der Waals surface area contributed by atoms with Crippen LogP contribution in [0.3, 0.4) is 0 Å². The first kappa shape index (κ1) is 12.0. The van der Waals surface area contributed by atoms with E-state index in [4.69, 9.17) is 0 Å². The number of hydrogen-bond donors (Lipinski definition) is 1. The summed E-state index contributed by atoms with van der Waals surface area (Å²) in [6.07, 6.45) is 5.57. The molecule has 0 aliphatic heterocycles. The predicted octanol–water partition coefficient (Wildman–Crippen LogP) is 2.11. The van der Waals surface area contributed by atoms with E-state index in [0.717, 1.165) is 18.5 Å². The number of hydrogen-bond acceptors (Lipinski definition) is 2. The molecule has 0 aromatic carbocycles. The van der Waals surface area contributed by atoms with Gasteiger partial charge in [0.1, 0.15) is 0 Å². The van der Waals surface area contributed by atoms with Crippen molar-refractivity contribution in [3.8, 4) is 0 Å². The maximum absolute atomic E-state index is 3.26. The van der Waals surface area contributed by atoms with Crippen molar-refractivity contribution in [2.24, 2.45) is 5.92 Å². The lowest BCUT2D eigenvalue weighted by Gasteiger charge is -2.25. The van der Waals surface area contributed by atoms with Crippen molar-refractivity contribution < 1.29 is 0 Å². The summed E-state index contributed by atoms with van der Waals surface area (Å²) < 4.78 is 0. The zero-order valence-electron chi connectivity index (χ0n) is 10.1. The van der Waals surface area contributed by atoms with Crippen molar-refractivity contribution in [2.75, 3.05) is 26.7 Å². The summed E-state index contributed by atoms with van der Waals surface area (Å²) in [6, 6.07) is 0.931. The summed E-state index contributed by atoms with van der Waals surface area (Å²) in [5.74, 6) is 0.789. The molecule has 0 heterocycles. The summed E-state index contributed by atoms with van der Waals surface area (Å²) in [7, 11) is 2.05. The van der Waals surface area contributed by atoms with Crippen LogP contribution in [-0.4, -0.2) is 37.6 Å². The molecule has 1 rings (SSSR count). The summed E-state index contributed by atoms with van der Waals surface area (Å²) in [4.78, 5) is 2.70. The fraction of sp³-hybridized carbons (Fsp3) is 1.00. The molecule has 0 saturated heterocycles. The summed E-state index contributed by atoms with van der Waals surface area (Å²) in [6.45, 7) is 8.37. The standard InChI is InChI=1S/C12H26N2/c1-4-5-8-14(12-6-7-12)10-11(2)9-13-3/h11-13H,4-10H2,1-3H3. The molecule has 0 amide bonds. The smallest absolute Gasteiger partial charge is 0.00965 e. The van der Waals surface area contributed by atoms with Gasteiger partial charge in [-0.3, -0.25) is 0 Å². The molecule has 0 radical (unpaired) electrons. The van der Waals surface area contributed by atoms with Gasteiger partial charge in [0.15, 0.2) is 0 Å². The lowest BCUT2D eigenvalue weighted by atomic mass is 10.1. The minimum absolute atomic E-state index is 0.789. The van der Waals surface area contributed by atoms with Gasteiger partial charge in [-0.15, -0.1) is 0 Å². The van der Waals surface area contributed by atoms with Gasteiger partial charge >= 0.3 is 0 Å². The summed E-state index contributed by atoms with van der Waals surface area (Å²) in [5.41, 5.74) is 0. The third-order valence-corrected chi connectivity index (χ3v) is 2.96. The summed E-state index contributed by atoms with van der Waals surface area (Å²) in [5, 5.41) is 3.26. The van der Waals surface area contributed by atoms with Gasteiger partial charge in [-0.05, 0) is 45.3 Å². The van der Waals surface area contributed by atoms with Crippen LogP contribution in [0.25, 0.3) is 0 Å². The number of unbranched alkanes of at least 4 members (excludes halogenated alkanes) is 1. The van der Waals surface area contributed by atoms with Crippen LogP contribution in [0.5, 0.6) is 0 Å². The van der Waals surface area contributed by atoms with Crippen LogP contribution in [0.4, 0.5) is 0 Å². The van der Waals surface area contributed by atoms with E-state index in [1.807, 2.05) is 7.05 Å². The fourth-order valence-corrected chi connectivity index (χ4v) is 2.04. The van der Waals surface area contributed by atoms with Crippen molar-refractivity contribution in [1.82, 2.24) is 10.2 Å². The van der Waals surface area contributed by atoms with Crippen molar-refractivity contribution in [3.05, 3.63) is 0 Å². The Hall–Kier alpha value is -0.0800. The number of rotatable bonds is 8. The Labute approximate surface area is 89.1 Å². The van der Waals surface area contributed by atoms with Gasteiger partial charge < -0.3 is 10.2 Å². The first-order chi connectivity index (χ1) is 6.77. The maximum atomic E-state index is 3.26. The van der Waals surface area contributed by atoms with Gasteiger partial charge in [-0.25, -0.2) is 0 Å². The third-order valence-electron chi connectivity index (χ3n) is 2.96. The van der Waals surface area contributed by atoms with E-state index in [0.29, 0.717) is 0 Å². The Kier molecular flexibility index (Phi) is 5.49. The molecule has 2 nitrogen and oxygen atoms in total. The normalized spacial score (nSPS) is 18.9. The van der Waals surface area contributed by atoms with Crippen LogP contribution in [0, 0.1) is 5.92 Å². The molecule has 14 heavy (non-hydrogen) atoms. The van der Waals surface area contributed by atoms with Crippen molar-refractivity contribution in [3.63, 3.8) is 0 Å². The molecule has 1 unspecified atom stereocenters. The minimum atomic E-state index is 0.789. The highest BCUT2D eigenvalue weighted by Gasteiger charge is 2.28. The number of nitrogens with one attached hydrogen (secondary N) is 1. The van der Waals surface area contributed by atoms with Crippen LogP contribution in [0.15, 0.2) is 0 Å². The van der Waals surface area contributed by atoms with Gasteiger partial charge in [0.2, 0.25) is 0 Å². The van der Waals surface area contributed by atoms with Crippen LogP contribution in [-0.2, 0) is 0 Å². The van der Waals surface area contributed by atoms with Crippen LogP contribution in [0.1, 0.15) is 39.5 Å². The van der Waals surface area contributed by atoms with E-state index in [1.54, 1.807) is 0 Å². The lowest BCUT2D eigenvalue weighted by Crippen LogP contribution is -2.34. The van der Waals surface area contributed by atoms with E-state index in [9.17, 15) is 0 Å². The van der Waals surface area contributed by atoms with Crippen molar-refractivity contribution >= 4 is 0 Å². The second kappa shape index (κ2) is 6.41. The average Bonchev–Trinajstić information content (AvgIpc) is 2.95. The third kappa shape index (κ3) is 4.43. The molecule has 1 aliphatic carbocycles. The van der Waals surface area contributed by atoms with E-state index in [1.165, 1.54) is 38.8 Å². The van der Waals surface area contributed by atoms with Gasteiger partial charge in [0.05, 0.1) is 0 Å². The SMILES string of the molecule is CCCCN(CC(C)CNC)C1CC1. The highest BCUT2D eigenvalue weighted by Crippen LogP contribution is 2.27. The monoisotopic (exact) mass is 198 g/mol. The molecule has 1 aliphatic rings. The zero-order valence-corrected chi connectivity index (χ0v) is 10.1. The molecule has 0 aromatic heterocycles. The second-order valence-electron chi connectivity index (χ2n) is 4.74. The first-order valence-corrected chi connectivity index (χ1v) is 6.16. The second-order valence-corrected chi connectivity index (χ2v) is 4.74. The molecular weight excluding hydrogens is 172 g/mol. The molecule has 0 spiro atoms.